The van der Waals surface area contributed by atoms with Crippen LogP contribution in [0.4, 0.5) is 0 Å². The van der Waals surface area contributed by atoms with Crippen LogP contribution >= 0.6 is 0 Å². The number of ether oxygens (including phenoxy) is 7. The molecule has 248 valence electrons. The molecule has 15 heteroatoms. The highest BCUT2D eigenvalue weighted by Crippen LogP contribution is 2.43. The molecule has 2 aromatic carbocycles. The first-order valence-corrected chi connectivity index (χ1v) is 14.5. The Hall–Kier alpha value is -3.09. The van der Waals surface area contributed by atoms with E-state index < -0.39 is 80.7 Å². The number of aliphatic hydroxyl groups excluding tert-OH is 7. The van der Waals surface area contributed by atoms with Crippen molar-refractivity contribution < 1.29 is 73.7 Å². The normalized spacial score (nSPS) is 34.9. The Morgan fingerprint density at radius 1 is 0.822 bits per heavy atom. The van der Waals surface area contributed by atoms with Gasteiger partial charge in [0.15, 0.2) is 12.1 Å². The van der Waals surface area contributed by atoms with Crippen molar-refractivity contribution in [3.63, 3.8) is 0 Å². The molecule has 2 saturated heterocycles. The topological polar surface area (TPSA) is 223 Å². The minimum Gasteiger partial charge on any atom is -0.496 e. The van der Waals surface area contributed by atoms with Gasteiger partial charge in [0, 0.05) is 12.1 Å². The van der Waals surface area contributed by atoms with Gasteiger partial charge in [-0.2, -0.15) is 0 Å². The number of aliphatic hydroxyl groups is 7. The van der Waals surface area contributed by atoms with Gasteiger partial charge in [0.1, 0.15) is 83.5 Å². The van der Waals surface area contributed by atoms with E-state index in [4.69, 9.17) is 33.2 Å². The second-order valence-electron chi connectivity index (χ2n) is 10.9. The molecule has 15 nitrogen and oxygen atoms in total. The highest BCUT2D eigenvalue weighted by molar-refractivity contribution is 6.03. The summed E-state index contributed by atoms with van der Waals surface area (Å²) in [6.07, 6.45) is -16.7. The molecule has 0 aliphatic carbocycles. The first-order valence-electron chi connectivity index (χ1n) is 14.5. The van der Waals surface area contributed by atoms with Gasteiger partial charge in [0.25, 0.3) is 0 Å². The summed E-state index contributed by atoms with van der Waals surface area (Å²) >= 11 is 0. The quantitative estimate of drug-likeness (QED) is 0.162. The van der Waals surface area contributed by atoms with Gasteiger partial charge in [-0.25, -0.2) is 0 Å². The first kappa shape index (κ1) is 33.3. The highest BCUT2D eigenvalue weighted by atomic mass is 16.7. The van der Waals surface area contributed by atoms with Crippen molar-refractivity contribution >= 4 is 5.78 Å². The van der Waals surface area contributed by atoms with E-state index in [1.807, 2.05) is 6.92 Å². The van der Waals surface area contributed by atoms with Gasteiger partial charge >= 0.3 is 0 Å². The summed E-state index contributed by atoms with van der Waals surface area (Å²) in [6, 6.07) is 10.1. The summed E-state index contributed by atoms with van der Waals surface area (Å²) < 4.78 is 39.4. The maximum absolute atomic E-state index is 13.4. The van der Waals surface area contributed by atoms with Crippen LogP contribution in [0, 0.1) is 0 Å². The Morgan fingerprint density at radius 2 is 1.47 bits per heavy atom. The van der Waals surface area contributed by atoms with E-state index in [0.717, 1.165) is 5.56 Å². The maximum atomic E-state index is 13.4. The molecule has 0 spiro atoms. The number of carbonyl (C=O) groups is 1. The molecule has 3 aliphatic heterocycles. The smallest absolute Gasteiger partial charge is 0.229 e. The van der Waals surface area contributed by atoms with E-state index in [9.17, 15) is 40.5 Å². The molecule has 0 radical (unpaired) electrons. The Morgan fingerprint density at radius 3 is 2.11 bits per heavy atom. The van der Waals surface area contributed by atoms with Crippen LogP contribution in [0.1, 0.15) is 35.4 Å². The lowest BCUT2D eigenvalue weighted by molar-refractivity contribution is -0.323. The fourth-order valence-corrected chi connectivity index (χ4v) is 5.41. The molecule has 5 rings (SSSR count). The Bertz CT molecular complexity index is 1300. The van der Waals surface area contributed by atoms with Gasteiger partial charge in [-0.05, 0) is 24.6 Å². The maximum Gasteiger partial charge on any atom is 0.229 e. The van der Waals surface area contributed by atoms with Crippen LogP contribution in [0.5, 0.6) is 23.0 Å². The molecular formula is C30H38O15. The molecule has 0 amide bonds. The third-order valence-corrected chi connectivity index (χ3v) is 7.94. The molecule has 0 unspecified atom stereocenters. The van der Waals surface area contributed by atoms with Crippen LogP contribution in [-0.2, 0) is 14.2 Å². The molecule has 2 aromatic rings. The van der Waals surface area contributed by atoms with Gasteiger partial charge in [0.05, 0.1) is 33.4 Å². The third-order valence-electron chi connectivity index (χ3n) is 7.94. The zero-order valence-electron chi connectivity index (χ0n) is 24.5. The average Bonchev–Trinajstić information content (AvgIpc) is 3.04. The van der Waals surface area contributed by atoms with Crippen LogP contribution in [0.3, 0.4) is 0 Å². The Balaban J connectivity index is 1.33. The highest BCUT2D eigenvalue weighted by Gasteiger charge is 2.48. The monoisotopic (exact) mass is 638 g/mol. The van der Waals surface area contributed by atoms with Gasteiger partial charge in [-0.15, -0.1) is 0 Å². The van der Waals surface area contributed by atoms with Crippen molar-refractivity contribution in [3.8, 4) is 23.0 Å². The number of methoxy groups -OCH3 is 1. The van der Waals surface area contributed by atoms with E-state index in [1.165, 1.54) is 19.2 Å². The third kappa shape index (κ3) is 6.88. The second-order valence-corrected chi connectivity index (χ2v) is 10.9. The molecule has 0 saturated carbocycles. The van der Waals surface area contributed by atoms with Crippen LogP contribution in [-0.4, -0.2) is 130 Å². The lowest BCUT2D eigenvalue weighted by atomic mass is 9.95. The summed E-state index contributed by atoms with van der Waals surface area (Å²) in [5.41, 5.74) is 0.802. The predicted octanol–water partition coefficient (Wildman–Crippen LogP) is -1.20. The van der Waals surface area contributed by atoms with Crippen LogP contribution in [0.25, 0.3) is 0 Å². The SMILES string of the molecule is CCOc1ccc([C@@H]2CC(=O)c3c(O[C@H]4O[C@@H](CO[C@H]5O[C@@H](CO)[C@H](O)[C@@H](O)[C@@H]5O)[C@H](O)[C@@H](O)[C@@H]4O)cc(OC)cc3O2)cc1. The van der Waals surface area contributed by atoms with Gasteiger partial charge in [-0.3, -0.25) is 4.79 Å². The van der Waals surface area contributed by atoms with Crippen molar-refractivity contribution in [2.24, 2.45) is 0 Å². The lowest BCUT2D eigenvalue weighted by Crippen LogP contribution is -2.62. The van der Waals surface area contributed by atoms with Crippen LogP contribution < -0.4 is 18.9 Å². The number of ketones is 1. The predicted molar refractivity (Wildman–Crippen MR) is 150 cm³/mol. The average molecular weight is 639 g/mol. The number of benzene rings is 2. The van der Waals surface area contributed by atoms with Gasteiger partial charge in [0.2, 0.25) is 6.29 Å². The molecule has 11 atom stereocenters. The zero-order valence-corrected chi connectivity index (χ0v) is 24.5. The summed E-state index contributed by atoms with van der Waals surface area (Å²) in [4.78, 5) is 13.4. The van der Waals surface area contributed by atoms with Crippen LogP contribution in [0.2, 0.25) is 0 Å². The van der Waals surface area contributed by atoms with Crippen molar-refractivity contribution in [2.45, 2.75) is 80.9 Å². The number of Topliss-reactive ketones (excluding diaryl/α,β-unsaturated/α-hetero) is 1. The molecule has 3 aliphatic rings. The number of hydrogen-bond donors (Lipinski definition) is 7. The van der Waals surface area contributed by atoms with Gasteiger partial charge < -0.3 is 68.9 Å². The number of carbonyl (C=O) groups excluding carboxylic acids is 1. The lowest BCUT2D eigenvalue weighted by Gasteiger charge is -2.42. The number of fused-ring (bicyclic) bond motifs is 1. The largest absolute Gasteiger partial charge is 0.496 e. The minimum absolute atomic E-state index is 0.0331. The molecule has 45 heavy (non-hydrogen) atoms. The number of rotatable bonds is 10. The fourth-order valence-electron chi connectivity index (χ4n) is 5.41. The van der Waals surface area contributed by atoms with E-state index in [1.54, 1.807) is 24.3 Å². The molecule has 7 N–H and O–H groups in total. The Kier molecular flexibility index (Phi) is 10.4. The minimum atomic E-state index is -1.79. The summed E-state index contributed by atoms with van der Waals surface area (Å²) in [7, 11) is 1.40. The Labute approximate surface area is 258 Å². The first-order chi connectivity index (χ1) is 21.6. The van der Waals surface area contributed by atoms with Crippen molar-refractivity contribution in [1.82, 2.24) is 0 Å². The van der Waals surface area contributed by atoms with Crippen LogP contribution in [0.15, 0.2) is 36.4 Å². The van der Waals surface area contributed by atoms with E-state index >= 15 is 0 Å². The summed E-state index contributed by atoms with van der Waals surface area (Å²) in [6.45, 7) is 1.16. The van der Waals surface area contributed by atoms with E-state index in [2.05, 4.69) is 0 Å². The fraction of sp³-hybridized carbons (Fsp3) is 0.567. The summed E-state index contributed by atoms with van der Waals surface area (Å²) in [5.74, 6) is 0.698. The van der Waals surface area contributed by atoms with E-state index in [-0.39, 0.29) is 35.0 Å². The number of hydrogen-bond acceptors (Lipinski definition) is 15. The van der Waals surface area contributed by atoms with Crippen molar-refractivity contribution in [3.05, 3.63) is 47.5 Å². The molecular weight excluding hydrogens is 600 g/mol. The van der Waals surface area contributed by atoms with Gasteiger partial charge in [-0.1, -0.05) is 12.1 Å². The molecule has 3 heterocycles. The zero-order chi connectivity index (χ0) is 32.4. The molecule has 0 bridgehead atoms. The summed E-state index contributed by atoms with van der Waals surface area (Å²) in [5, 5.41) is 71.5. The molecule has 2 fully saturated rings. The standard InChI is InChI=1S/C30H38O15/c1-3-40-14-6-4-13(5-7-14)17-10-16(32)22-18(42-17)8-15(39-2)9-19(22)43-30-28(38)26(36)24(34)21(45-30)12-41-29-27(37)25(35)23(33)20(11-31)44-29/h4-9,17,20-21,23-31,33-38H,3,10-12H2,1-2H3/t17-,20-,21-,23-,24-,25+,26+,27-,28-,29-,30-/m0/s1. The van der Waals surface area contributed by atoms with Crippen molar-refractivity contribution in [1.29, 1.82) is 0 Å². The van der Waals surface area contributed by atoms with E-state index in [0.29, 0.717) is 12.4 Å². The van der Waals surface area contributed by atoms with Crippen molar-refractivity contribution in [2.75, 3.05) is 26.9 Å². The second kappa shape index (κ2) is 14.1. The molecule has 0 aromatic heterocycles.